The van der Waals surface area contributed by atoms with Crippen LogP contribution in [-0.2, 0) is 0 Å². The van der Waals surface area contributed by atoms with Crippen LogP contribution >= 0.6 is 12.2 Å². The van der Waals surface area contributed by atoms with Crippen molar-refractivity contribution in [2.24, 2.45) is 0 Å². The van der Waals surface area contributed by atoms with Gasteiger partial charge in [0.1, 0.15) is 16.9 Å². The molecule has 27 heavy (non-hydrogen) atoms. The van der Waals surface area contributed by atoms with E-state index < -0.39 is 0 Å². The molecule has 2 aromatic heterocycles. The Morgan fingerprint density at radius 2 is 1.96 bits per heavy atom. The van der Waals surface area contributed by atoms with Crippen LogP contribution in [0, 0.1) is 0 Å². The van der Waals surface area contributed by atoms with Crippen LogP contribution in [0.25, 0.3) is 21.9 Å². The molecule has 0 atom stereocenters. The van der Waals surface area contributed by atoms with E-state index in [1.54, 1.807) is 31.5 Å². The first kappa shape index (κ1) is 17.0. The molecule has 0 saturated carbocycles. The lowest BCUT2D eigenvalue weighted by molar-refractivity contribution is 0.0977. The number of furan rings is 1. The van der Waals surface area contributed by atoms with Gasteiger partial charge in [0.05, 0.1) is 18.4 Å². The van der Waals surface area contributed by atoms with Crippen molar-refractivity contribution in [3.8, 4) is 5.75 Å². The molecular weight excluding hydrogens is 362 g/mol. The minimum absolute atomic E-state index is 0.151. The van der Waals surface area contributed by atoms with Crippen LogP contribution in [0.4, 0.5) is 5.69 Å². The minimum atomic E-state index is -0.343. The highest BCUT2D eigenvalue weighted by atomic mass is 32.1. The number of hydrogen-bond acceptors (Lipinski definition) is 5. The molecule has 4 aromatic rings. The van der Waals surface area contributed by atoms with Crippen molar-refractivity contribution in [2.45, 2.75) is 0 Å². The number of amides is 1. The van der Waals surface area contributed by atoms with Crippen LogP contribution in [0.1, 0.15) is 10.4 Å². The molecule has 6 nitrogen and oxygen atoms in total. The third-order valence-corrected chi connectivity index (χ3v) is 4.30. The van der Waals surface area contributed by atoms with Gasteiger partial charge in [0, 0.05) is 29.2 Å². The van der Waals surface area contributed by atoms with Gasteiger partial charge < -0.3 is 14.5 Å². The minimum Gasteiger partial charge on any atom is -0.495 e. The van der Waals surface area contributed by atoms with Gasteiger partial charge in [-0.15, -0.1) is 0 Å². The summed E-state index contributed by atoms with van der Waals surface area (Å²) in [6.07, 6.45) is 3.07. The average Bonchev–Trinajstić information content (AvgIpc) is 3.05. The predicted octanol–water partition coefficient (Wildman–Crippen LogP) is 4.12. The number of fused-ring (bicyclic) bond motifs is 3. The lowest BCUT2D eigenvalue weighted by Gasteiger charge is -2.13. The molecule has 1 amide bonds. The Balaban J connectivity index is 1.62. The molecule has 7 heteroatoms. The maximum atomic E-state index is 12.2. The predicted molar refractivity (Wildman–Crippen MR) is 108 cm³/mol. The number of para-hydroxylation sites is 1. The molecule has 0 aliphatic heterocycles. The maximum Gasteiger partial charge on any atom is 0.258 e. The number of carbonyl (C=O) groups excluding carboxylic acids is 1. The Kier molecular flexibility index (Phi) is 4.43. The Morgan fingerprint density at radius 1 is 1.11 bits per heavy atom. The molecule has 134 valence electrons. The number of benzene rings is 2. The maximum absolute atomic E-state index is 12.2. The van der Waals surface area contributed by atoms with Gasteiger partial charge in [0.15, 0.2) is 5.11 Å². The molecule has 0 aliphatic rings. The Bertz CT molecular complexity index is 1160. The van der Waals surface area contributed by atoms with Crippen molar-refractivity contribution in [1.82, 2.24) is 10.3 Å². The molecule has 2 heterocycles. The number of hydrogen-bond donors (Lipinski definition) is 2. The largest absolute Gasteiger partial charge is 0.495 e. The van der Waals surface area contributed by atoms with Crippen molar-refractivity contribution < 1.29 is 13.9 Å². The lowest BCUT2D eigenvalue weighted by atomic mass is 10.1. The zero-order valence-corrected chi connectivity index (χ0v) is 15.2. The molecule has 0 aliphatic carbocycles. The fraction of sp³-hybridized carbons (Fsp3) is 0.0500. The fourth-order valence-corrected chi connectivity index (χ4v) is 3.05. The highest BCUT2D eigenvalue weighted by Gasteiger charge is 2.14. The number of methoxy groups -OCH3 is 1. The molecule has 0 radical (unpaired) electrons. The third kappa shape index (κ3) is 3.32. The van der Waals surface area contributed by atoms with Gasteiger partial charge >= 0.3 is 0 Å². The topological polar surface area (TPSA) is 76.4 Å². The van der Waals surface area contributed by atoms with Crippen molar-refractivity contribution in [1.29, 1.82) is 0 Å². The van der Waals surface area contributed by atoms with Crippen molar-refractivity contribution in [2.75, 3.05) is 12.4 Å². The highest BCUT2D eigenvalue weighted by Crippen LogP contribution is 2.36. The van der Waals surface area contributed by atoms with Crippen LogP contribution in [0.5, 0.6) is 5.75 Å². The van der Waals surface area contributed by atoms with E-state index in [1.165, 1.54) is 6.20 Å². The first-order chi connectivity index (χ1) is 13.2. The van der Waals surface area contributed by atoms with Gasteiger partial charge in [-0.05, 0) is 36.5 Å². The monoisotopic (exact) mass is 377 g/mol. The van der Waals surface area contributed by atoms with E-state index in [-0.39, 0.29) is 11.0 Å². The second kappa shape index (κ2) is 7.05. The van der Waals surface area contributed by atoms with Gasteiger partial charge in [0.25, 0.3) is 5.91 Å². The van der Waals surface area contributed by atoms with Gasteiger partial charge in [0.2, 0.25) is 0 Å². The summed E-state index contributed by atoms with van der Waals surface area (Å²) >= 11 is 5.26. The second-order valence-electron chi connectivity index (χ2n) is 5.80. The normalized spacial score (nSPS) is 10.7. The zero-order chi connectivity index (χ0) is 18.8. The van der Waals surface area contributed by atoms with Gasteiger partial charge in [-0.2, -0.15) is 0 Å². The first-order valence-electron chi connectivity index (χ1n) is 8.17. The van der Waals surface area contributed by atoms with Crippen LogP contribution in [0.2, 0.25) is 0 Å². The summed E-state index contributed by atoms with van der Waals surface area (Å²) in [5.41, 5.74) is 2.50. The number of carbonyl (C=O) groups is 1. The lowest BCUT2D eigenvalue weighted by Crippen LogP contribution is -2.34. The molecule has 0 unspecified atom stereocenters. The molecule has 2 aromatic carbocycles. The van der Waals surface area contributed by atoms with E-state index >= 15 is 0 Å². The Morgan fingerprint density at radius 3 is 2.74 bits per heavy atom. The van der Waals surface area contributed by atoms with Crippen molar-refractivity contribution in [3.63, 3.8) is 0 Å². The number of nitrogens with one attached hydrogen (secondary N) is 2. The summed E-state index contributed by atoms with van der Waals surface area (Å²) in [5.74, 6) is 0.247. The highest BCUT2D eigenvalue weighted by molar-refractivity contribution is 7.80. The average molecular weight is 377 g/mol. The fourth-order valence-electron chi connectivity index (χ4n) is 2.84. The number of anilines is 1. The molecule has 2 N–H and O–H groups in total. The van der Waals surface area contributed by atoms with Gasteiger partial charge in [-0.3, -0.25) is 15.1 Å². The summed E-state index contributed by atoms with van der Waals surface area (Å²) in [6.45, 7) is 0. The van der Waals surface area contributed by atoms with Crippen LogP contribution in [0.3, 0.4) is 0 Å². The summed E-state index contributed by atoms with van der Waals surface area (Å²) < 4.78 is 11.4. The summed E-state index contributed by atoms with van der Waals surface area (Å²) in [5, 5.41) is 7.72. The Labute approximate surface area is 160 Å². The number of aromatic nitrogens is 1. The number of nitrogens with zero attached hydrogens (tertiary/aromatic N) is 1. The van der Waals surface area contributed by atoms with Crippen molar-refractivity contribution >= 4 is 50.9 Å². The van der Waals surface area contributed by atoms with Crippen LogP contribution < -0.4 is 15.4 Å². The molecule has 0 spiro atoms. The molecule has 0 fully saturated rings. The molecular formula is C20H15N3O3S. The Hall–Kier alpha value is -3.45. The summed E-state index contributed by atoms with van der Waals surface area (Å²) in [6, 6.07) is 14.8. The smallest absolute Gasteiger partial charge is 0.258 e. The number of pyridine rings is 1. The van der Waals surface area contributed by atoms with Gasteiger partial charge in [-0.1, -0.05) is 18.2 Å². The quantitative estimate of drug-likeness (QED) is 0.523. The van der Waals surface area contributed by atoms with E-state index in [2.05, 4.69) is 15.6 Å². The SMILES string of the molecule is COc1cc2c(cc1NC(=S)NC(=O)c1cccnc1)oc1ccccc12. The second-order valence-corrected chi connectivity index (χ2v) is 6.21. The number of thiocarbonyl (C=S) groups is 1. The van der Waals surface area contributed by atoms with Crippen molar-refractivity contribution in [3.05, 3.63) is 66.5 Å². The third-order valence-electron chi connectivity index (χ3n) is 4.10. The number of ether oxygens (including phenoxy) is 1. The van der Waals surface area contributed by atoms with Crippen LogP contribution in [0.15, 0.2) is 65.3 Å². The molecule has 0 bridgehead atoms. The molecule has 0 saturated heterocycles. The zero-order valence-electron chi connectivity index (χ0n) is 14.4. The standard InChI is InChI=1S/C20H15N3O3S/c1-25-18-9-14-13-6-2-3-7-16(13)26-17(14)10-15(18)22-20(27)23-19(24)12-5-4-8-21-11-12/h2-11H,1H3,(H2,22,23,24,27). The summed E-state index contributed by atoms with van der Waals surface area (Å²) in [7, 11) is 1.58. The van der Waals surface area contributed by atoms with E-state index in [0.29, 0.717) is 22.6 Å². The van der Waals surface area contributed by atoms with E-state index in [9.17, 15) is 4.79 Å². The van der Waals surface area contributed by atoms with Gasteiger partial charge in [-0.25, -0.2) is 0 Å². The van der Waals surface area contributed by atoms with E-state index in [1.807, 2.05) is 30.3 Å². The molecule has 4 rings (SSSR count). The first-order valence-corrected chi connectivity index (χ1v) is 8.58. The summed E-state index contributed by atoms with van der Waals surface area (Å²) in [4.78, 5) is 16.1. The number of rotatable bonds is 3. The van der Waals surface area contributed by atoms with Crippen LogP contribution in [-0.4, -0.2) is 23.1 Å². The van der Waals surface area contributed by atoms with E-state index in [0.717, 1.165) is 16.4 Å². The van der Waals surface area contributed by atoms with E-state index in [4.69, 9.17) is 21.4 Å².